The third-order valence-corrected chi connectivity index (χ3v) is 1.71. The summed E-state index contributed by atoms with van der Waals surface area (Å²) in [7, 11) is 0. The van der Waals surface area contributed by atoms with Gasteiger partial charge in [0.2, 0.25) is 0 Å². The molecule has 0 saturated heterocycles. The largest absolute Gasteiger partial charge is 0.397 e. The quantitative estimate of drug-likeness (QED) is 0.390. The number of aliphatic imine (C=N–C) groups is 1. The zero-order valence-corrected chi connectivity index (χ0v) is 8.84. The third kappa shape index (κ3) is 2.81. The van der Waals surface area contributed by atoms with Crippen molar-refractivity contribution in [2.75, 3.05) is 18.0 Å². The van der Waals surface area contributed by atoms with Crippen LogP contribution in [0.1, 0.15) is 12.5 Å². The first kappa shape index (κ1) is 12.6. The lowest BCUT2D eigenvalue weighted by atomic mass is 10.1. The van der Waals surface area contributed by atoms with Crippen molar-refractivity contribution in [3.63, 3.8) is 0 Å². The Morgan fingerprint density at radius 3 is 2.43 bits per heavy atom. The van der Waals surface area contributed by atoms with Crippen LogP contribution in [-0.4, -0.2) is 12.4 Å². The van der Waals surface area contributed by atoms with Gasteiger partial charge in [0, 0.05) is 12.1 Å². The molecule has 14 heavy (non-hydrogen) atoms. The Kier molecular flexibility index (Phi) is 4.80. The Labute approximate surface area is 89.6 Å². The average Bonchev–Trinajstić information content (AvgIpc) is 2.10. The van der Waals surface area contributed by atoms with Crippen molar-refractivity contribution in [2.45, 2.75) is 6.92 Å². The second-order valence-corrected chi connectivity index (χ2v) is 2.70. The van der Waals surface area contributed by atoms with Crippen LogP contribution in [0.25, 0.3) is 0 Å². The van der Waals surface area contributed by atoms with Crippen LogP contribution < -0.4 is 17.2 Å². The van der Waals surface area contributed by atoms with Crippen molar-refractivity contribution in [3.05, 3.63) is 23.8 Å². The number of nitrogens with two attached hydrogens (primary N) is 3. The minimum atomic E-state index is 0. The third-order valence-electron chi connectivity index (χ3n) is 1.71. The normalized spacial score (nSPS) is 10.8. The topological polar surface area (TPSA) is 90.4 Å². The molecule has 0 heterocycles. The number of nitrogen functional groups attached to an aromatic ring is 2. The van der Waals surface area contributed by atoms with Crippen molar-refractivity contribution in [1.29, 1.82) is 0 Å². The van der Waals surface area contributed by atoms with E-state index in [-0.39, 0.29) is 12.4 Å². The minimum absolute atomic E-state index is 0. The molecule has 0 spiro atoms. The second-order valence-electron chi connectivity index (χ2n) is 2.70. The summed E-state index contributed by atoms with van der Waals surface area (Å²) in [6.45, 7) is 2.59. The van der Waals surface area contributed by atoms with Gasteiger partial charge in [-0.3, -0.25) is 4.99 Å². The second kappa shape index (κ2) is 5.34. The molecule has 5 heteroatoms. The molecule has 0 saturated carbocycles. The van der Waals surface area contributed by atoms with Gasteiger partial charge in [-0.25, -0.2) is 0 Å². The van der Waals surface area contributed by atoms with E-state index >= 15 is 0 Å². The molecule has 0 amide bonds. The van der Waals surface area contributed by atoms with Crippen LogP contribution in [0.5, 0.6) is 0 Å². The molecular weight excluding hydrogens is 200 g/mol. The fraction of sp³-hybridized carbons (Fsp3) is 0.222. The van der Waals surface area contributed by atoms with Gasteiger partial charge in [0.25, 0.3) is 0 Å². The van der Waals surface area contributed by atoms with E-state index in [9.17, 15) is 0 Å². The van der Waals surface area contributed by atoms with Crippen LogP contribution in [0.4, 0.5) is 11.4 Å². The van der Waals surface area contributed by atoms with Gasteiger partial charge in [0.05, 0.1) is 11.4 Å². The molecule has 0 radical (unpaired) electrons. The molecule has 0 aliphatic carbocycles. The first-order valence-corrected chi connectivity index (χ1v) is 4.10. The summed E-state index contributed by atoms with van der Waals surface area (Å²) in [5, 5.41) is 0. The molecule has 6 N–H and O–H groups in total. The number of benzene rings is 1. The van der Waals surface area contributed by atoms with Crippen molar-refractivity contribution in [3.8, 4) is 0 Å². The van der Waals surface area contributed by atoms with Crippen LogP contribution in [0.2, 0.25) is 0 Å². The van der Waals surface area contributed by atoms with Crippen LogP contribution >= 0.6 is 12.4 Å². The highest BCUT2D eigenvalue weighted by Gasteiger charge is 2.00. The maximum absolute atomic E-state index is 5.68. The predicted octanol–water partition coefficient (Wildman–Crippen LogP) is 0.998. The fourth-order valence-electron chi connectivity index (χ4n) is 0.996. The van der Waals surface area contributed by atoms with E-state index in [1.54, 1.807) is 18.2 Å². The SMILES string of the molecule is CCN=C(N)c1ccc(N)c(N)c1.Cl. The highest BCUT2D eigenvalue weighted by Crippen LogP contribution is 2.15. The van der Waals surface area contributed by atoms with Crippen LogP contribution in [0, 0.1) is 0 Å². The Balaban J connectivity index is 0.00000169. The van der Waals surface area contributed by atoms with Crippen molar-refractivity contribution < 1.29 is 0 Å². The smallest absolute Gasteiger partial charge is 0.125 e. The van der Waals surface area contributed by atoms with Gasteiger partial charge in [0.1, 0.15) is 5.84 Å². The molecule has 0 aliphatic rings. The summed E-state index contributed by atoms with van der Waals surface area (Å²) < 4.78 is 0. The number of hydrogen-bond acceptors (Lipinski definition) is 3. The van der Waals surface area contributed by atoms with Gasteiger partial charge in [0.15, 0.2) is 0 Å². The van der Waals surface area contributed by atoms with E-state index in [4.69, 9.17) is 17.2 Å². The Hall–Kier alpha value is -1.42. The summed E-state index contributed by atoms with van der Waals surface area (Å²) >= 11 is 0. The van der Waals surface area contributed by atoms with Gasteiger partial charge < -0.3 is 17.2 Å². The number of rotatable bonds is 2. The predicted molar refractivity (Wildman–Crippen MR) is 63.8 cm³/mol. The van der Waals surface area contributed by atoms with E-state index < -0.39 is 0 Å². The van der Waals surface area contributed by atoms with E-state index in [1.807, 2.05) is 6.92 Å². The summed E-state index contributed by atoms with van der Waals surface area (Å²) in [6.07, 6.45) is 0. The zero-order chi connectivity index (χ0) is 9.84. The van der Waals surface area contributed by atoms with Crippen molar-refractivity contribution >= 4 is 29.6 Å². The highest BCUT2D eigenvalue weighted by molar-refractivity contribution is 5.98. The molecule has 0 bridgehead atoms. The molecule has 1 aromatic carbocycles. The maximum Gasteiger partial charge on any atom is 0.125 e. The summed E-state index contributed by atoms with van der Waals surface area (Å²) in [4.78, 5) is 4.06. The van der Waals surface area contributed by atoms with Gasteiger partial charge in [-0.15, -0.1) is 12.4 Å². The minimum Gasteiger partial charge on any atom is -0.397 e. The summed E-state index contributed by atoms with van der Waals surface area (Å²) in [5.41, 5.74) is 18.8. The van der Waals surface area contributed by atoms with E-state index in [1.165, 1.54) is 0 Å². The Morgan fingerprint density at radius 1 is 1.29 bits per heavy atom. The monoisotopic (exact) mass is 214 g/mol. The Morgan fingerprint density at radius 2 is 1.93 bits per heavy atom. The van der Waals surface area contributed by atoms with E-state index in [0.29, 0.717) is 23.8 Å². The number of hydrogen-bond donors (Lipinski definition) is 3. The Bertz CT molecular complexity index is 336. The number of halogens is 1. The van der Waals surface area contributed by atoms with E-state index in [2.05, 4.69) is 4.99 Å². The first-order chi connectivity index (χ1) is 6.15. The van der Waals surface area contributed by atoms with Crippen LogP contribution in [-0.2, 0) is 0 Å². The van der Waals surface area contributed by atoms with Gasteiger partial charge in [-0.1, -0.05) is 0 Å². The lowest BCUT2D eigenvalue weighted by Gasteiger charge is -2.03. The molecule has 0 aliphatic heterocycles. The number of amidine groups is 1. The first-order valence-electron chi connectivity index (χ1n) is 4.10. The van der Waals surface area contributed by atoms with Gasteiger partial charge in [-0.05, 0) is 25.1 Å². The molecule has 4 nitrogen and oxygen atoms in total. The fourth-order valence-corrected chi connectivity index (χ4v) is 0.996. The lowest BCUT2D eigenvalue weighted by molar-refractivity contribution is 1.12. The molecular formula is C9H15ClN4. The standard InChI is InChI=1S/C9H14N4.ClH/c1-2-13-9(12)6-3-4-7(10)8(11)5-6;/h3-5H,2,10-11H2,1H3,(H2,12,13);1H. The molecule has 78 valence electrons. The molecule has 0 atom stereocenters. The van der Waals surface area contributed by atoms with Crippen molar-refractivity contribution in [2.24, 2.45) is 10.7 Å². The average molecular weight is 215 g/mol. The van der Waals surface area contributed by atoms with Gasteiger partial charge >= 0.3 is 0 Å². The summed E-state index contributed by atoms with van der Waals surface area (Å²) in [6, 6.07) is 5.26. The van der Waals surface area contributed by atoms with E-state index in [0.717, 1.165) is 5.56 Å². The molecule has 1 rings (SSSR count). The number of nitrogens with zero attached hydrogens (tertiary/aromatic N) is 1. The van der Waals surface area contributed by atoms with Gasteiger partial charge in [-0.2, -0.15) is 0 Å². The van der Waals surface area contributed by atoms with Crippen molar-refractivity contribution in [1.82, 2.24) is 0 Å². The molecule has 0 unspecified atom stereocenters. The zero-order valence-electron chi connectivity index (χ0n) is 8.03. The lowest BCUT2D eigenvalue weighted by Crippen LogP contribution is -2.14. The highest BCUT2D eigenvalue weighted by atomic mass is 35.5. The maximum atomic E-state index is 5.68. The molecule has 0 aromatic heterocycles. The molecule has 1 aromatic rings. The molecule has 0 fully saturated rings. The van der Waals surface area contributed by atoms with Crippen LogP contribution in [0.3, 0.4) is 0 Å². The number of anilines is 2. The summed E-state index contributed by atoms with van der Waals surface area (Å²) in [5.74, 6) is 0.495. The van der Waals surface area contributed by atoms with Crippen LogP contribution in [0.15, 0.2) is 23.2 Å².